The van der Waals surface area contributed by atoms with E-state index in [1.807, 2.05) is 13.8 Å². The molecule has 0 heterocycles. The molecule has 4 fully saturated rings. The third-order valence-corrected chi connectivity index (χ3v) is 11.9. The number of fused-ring (bicyclic) bond motifs is 5. The lowest BCUT2D eigenvalue weighted by Gasteiger charge is -2.61. The molecule has 8 atom stereocenters. The van der Waals surface area contributed by atoms with Gasteiger partial charge in [-0.15, -0.1) is 0 Å². The molecule has 0 aromatic carbocycles. The van der Waals surface area contributed by atoms with Gasteiger partial charge in [0.2, 0.25) is 0 Å². The van der Waals surface area contributed by atoms with Gasteiger partial charge in [-0.05, 0) is 125 Å². The first kappa shape index (κ1) is 30.3. The minimum absolute atomic E-state index is 0.00141. The lowest BCUT2D eigenvalue weighted by atomic mass is 9.44. The van der Waals surface area contributed by atoms with Crippen molar-refractivity contribution in [1.82, 2.24) is 10.2 Å². The number of carbonyl (C=O) groups is 1. The molecule has 220 valence electrons. The van der Waals surface area contributed by atoms with Crippen LogP contribution in [0.25, 0.3) is 0 Å². The third-order valence-electron chi connectivity index (χ3n) is 11.9. The first-order valence-corrected chi connectivity index (χ1v) is 16.3. The summed E-state index contributed by atoms with van der Waals surface area (Å²) >= 11 is 0. The lowest BCUT2D eigenvalue weighted by Crippen LogP contribution is -2.55. The molecule has 5 N–H and O–H groups in total. The van der Waals surface area contributed by atoms with Gasteiger partial charge in [-0.3, -0.25) is 9.69 Å². The van der Waals surface area contributed by atoms with Gasteiger partial charge in [0.05, 0.1) is 6.10 Å². The van der Waals surface area contributed by atoms with Crippen LogP contribution < -0.4 is 16.8 Å². The second-order valence-electron chi connectivity index (χ2n) is 14.3. The van der Waals surface area contributed by atoms with Crippen LogP contribution >= 0.6 is 0 Å². The smallest absolute Gasteiger partial charge is 0.306 e. The van der Waals surface area contributed by atoms with E-state index in [9.17, 15) is 4.79 Å². The van der Waals surface area contributed by atoms with Crippen LogP contribution in [0.5, 0.6) is 0 Å². The van der Waals surface area contributed by atoms with Crippen LogP contribution in [-0.2, 0) is 9.53 Å². The van der Waals surface area contributed by atoms with Crippen molar-refractivity contribution in [2.75, 3.05) is 39.3 Å². The summed E-state index contributed by atoms with van der Waals surface area (Å²) in [6.07, 6.45) is 15.4. The van der Waals surface area contributed by atoms with Crippen molar-refractivity contribution in [3.8, 4) is 0 Å². The fourth-order valence-electron chi connectivity index (χ4n) is 9.97. The second-order valence-corrected chi connectivity index (χ2v) is 14.3. The molecule has 6 nitrogen and oxygen atoms in total. The quantitative estimate of drug-likeness (QED) is 0.291. The topological polar surface area (TPSA) is 93.6 Å². The number of hydrogen-bond acceptors (Lipinski definition) is 6. The Morgan fingerprint density at radius 1 is 0.947 bits per heavy atom. The Bertz CT molecular complexity index is 756. The second kappa shape index (κ2) is 13.3. The van der Waals surface area contributed by atoms with E-state index in [2.05, 4.69) is 24.1 Å². The number of nitrogens with one attached hydrogen (secondary N) is 1. The fraction of sp³-hybridized carbons (Fsp3) is 0.969. The highest BCUT2D eigenvalue weighted by Crippen LogP contribution is 2.67. The van der Waals surface area contributed by atoms with Crippen molar-refractivity contribution in [2.45, 2.75) is 117 Å². The lowest BCUT2D eigenvalue weighted by molar-refractivity contribution is -0.147. The Hall–Kier alpha value is -0.690. The molecular formula is C32H60N4O2. The molecule has 0 amide bonds. The van der Waals surface area contributed by atoms with Crippen LogP contribution in [-0.4, -0.2) is 62.3 Å². The molecule has 4 aliphatic carbocycles. The molecule has 0 spiro atoms. The Labute approximate surface area is 233 Å². The van der Waals surface area contributed by atoms with Crippen LogP contribution in [0.4, 0.5) is 0 Å². The summed E-state index contributed by atoms with van der Waals surface area (Å²) in [5.41, 5.74) is 12.6. The summed E-state index contributed by atoms with van der Waals surface area (Å²) < 4.78 is 5.38. The standard InChI is InChI=1S/C32H60N4O2/c1-23(2)38-30(37)7-5-6-24-9-11-28-27-10-8-25-22-26(35-18-21-36(19-16-33)20-17-34)12-14-32(25,4)29(27)13-15-31(24,28)3/h23-29,35H,5-22,33-34H2,1-4H3/t24-,25?,26?,27?,28?,29?,31+,32-/m0/s1. The van der Waals surface area contributed by atoms with Crippen molar-refractivity contribution in [1.29, 1.82) is 0 Å². The molecule has 5 unspecified atom stereocenters. The zero-order chi connectivity index (χ0) is 27.3. The van der Waals surface area contributed by atoms with Crippen molar-refractivity contribution in [3.63, 3.8) is 0 Å². The molecule has 0 aliphatic heterocycles. The minimum Gasteiger partial charge on any atom is -0.463 e. The summed E-state index contributed by atoms with van der Waals surface area (Å²) in [6, 6.07) is 0.675. The number of ether oxygens (including phenoxy) is 1. The van der Waals surface area contributed by atoms with Crippen molar-refractivity contribution in [2.24, 2.45) is 51.9 Å². The van der Waals surface area contributed by atoms with Crippen molar-refractivity contribution >= 4 is 5.97 Å². The number of rotatable bonds is 13. The van der Waals surface area contributed by atoms with Crippen molar-refractivity contribution < 1.29 is 9.53 Å². The maximum absolute atomic E-state index is 12.1. The number of carbonyl (C=O) groups excluding carboxylic acids is 1. The molecule has 0 radical (unpaired) electrons. The SMILES string of the molecule is CC(C)OC(=O)CCC[C@H]1CCC2C3CCC4CC(NCCN(CCN)CCN)CC[C@]4(C)C3CC[C@@]21C. The van der Waals surface area contributed by atoms with Gasteiger partial charge in [-0.25, -0.2) is 0 Å². The third kappa shape index (κ3) is 6.61. The van der Waals surface area contributed by atoms with Gasteiger partial charge in [0.25, 0.3) is 0 Å². The molecular weight excluding hydrogens is 472 g/mol. The summed E-state index contributed by atoms with van der Waals surface area (Å²) in [6.45, 7) is 14.6. The van der Waals surface area contributed by atoms with Gasteiger partial charge in [0.1, 0.15) is 0 Å². The first-order chi connectivity index (χ1) is 18.2. The maximum atomic E-state index is 12.1. The van der Waals surface area contributed by atoms with Gasteiger partial charge in [-0.2, -0.15) is 0 Å². The molecule has 0 saturated heterocycles. The highest BCUT2D eigenvalue weighted by molar-refractivity contribution is 5.69. The van der Waals surface area contributed by atoms with Gasteiger partial charge >= 0.3 is 5.97 Å². The number of esters is 1. The van der Waals surface area contributed by atoms with Gasteiger partial charge < -0.3 is 21.5 Å². The van der Waals surface area contributed by atoms with Crippen LogP contribution in [0, 0.1) is 40.4 Å². The molecule has 38 heavy (non-hydrogen) atoms. The molecule has 6 heteroatoms. The van der Waals surface area contributed by atoms with Gasteiger partial charge in [-0.1, -0.05) is 13.8 Å². The number of hydrogen-bond donors (Lipinski definition) is 3. The molecule has 4 rings (SSSR count). The zero-order valence-electron chi connectivity index (χ0n) is 25.2. The average Bonchev–Trinajstić information content (AvgIpc) is 3.20. The largest absolute Gasteiger partial charge is 0.463 e. The highest BCUT2D eigenvalue weighted by atomic mass is 16.5. The molecule has 0 aromatic heterocycles. The predicted octanol–water partition coefficient (Wildman–Crippen LogP) is 4.94. The van der Waals surface area contributed by atoms with Crippen LogP contribution in [0.2, 0.25) is 0 Å². The Morgan fingerprint density at radius 2 is 1.66 bits per heavy atom. The molecule has 4 saturated carbocycles. The van der Waals surface area contributed by atoms with E-state index in [1.165, 1.54) is 64.2 Å². The summed E-state index contributed by atoms with van der Waals surface area (Å²) in [4.78, 5) is 14.5. The first-order valence-electron chi connectivity index (χ1n) is 16.3. The normalized spacial score (nSPS) is 38.6. The van der Waals surface area contributed by atoms with Gasteiger partial charge in [0.15, 0.2) is 0 Å². The average molecular weight is 533 g/mol. The van der Waals surface area contributed by atoms with E-state index in [-0.39, 0.29) is 12.1 Å². The van der Waals surface area contributed by atoms with E-state index < -0.39 is 0 Å². The minimum atomic E-state index is -0.0109. The summed E-state index contributed by atoms with van der Waals surface area (Å²) in [5, 5.41) is 3.92. The fourth-order valence-corrected chi connectivity index (χ4v) is 9.97. The molecule has 0 bridgehead atoms. The monoisotopic (exact) mass is 532 g/mol. The highest BCUT2D eigenvalue weighted by Gasteiger charge is 2.59. The maximum Gasteiger partial charge on any atom is 0.306 e. The van der Waals surface area contributed by atoms with Crippen LogP contribution in [0.3, 0.4) is 0 Å². The van der Waals surface area contributed by atoms with Crippen LogP contribution in [0.15, 0.2) is 0 Å². The van der Waals surface area contributed by atoms with E-state index >= 15 is 0 Å². The van der Waals surface area contributed by atoms with Crippen LogP contribution in [0.1, 0.15) is 105 Å². The molecule has 4 aliphatic rings. The van der Waals surface area contributed by atoms with Gasteiger partial charge in [0, 0.05) is 51.7 Å². The van der Waals surface area contributed by atoms with E-state index in [1.54, 1.807) is 0 Å². The van der Waals surface area contributed by atoms with E-state index in [0.717, 1.165) is 62.2 Å². The molecule has 0 aromatic rings. The number of nitrogens with two attached hydrogens (primary N) is 2. The Kier molecular flexibility index (Phi) is 10.6. The summed E-state index contributed by atoms with van der Waals surface area (Å²) in [7, 11) is 0. The van der Waals surface area contributed by atoms with Crippen molar-refractivity contribution in [3.05, 3.63) is 0 Å². The predicted molar refractivity (Wildman–Crippen MR) is 157 cm³/mol. The Morgan fingerprint density at radius 3 is 2.37 bits per heavy atom. The van der Waals surface area contributed by atoms with E-state index in [4.69, 9.17) is 16.2 Å². The number of nitrogens with zero attached hydrogens (tertiary/aromatic N) is 1. The summed E-state index contributed by atoms with van der Waals surface area (Å²) in [5.74, 6) is 4.42. The Balaban J connectivity index is 1.28. The zero-order valence-corrected chi connectivity index (χ0v) is 25.2. The van der Waals surface area contributed by atoms with E-state index in [0.29, 0.717) is 36.4 Å².